The predicted molar refractivity (Wildman–Crippen MR) is 135 cm³/mol. The number of fused-ring (bicyclic) bond motifs is 3. The molecular formula is C28H36N2O5. The summed E-state index contributed by atoms with van der Waals surface area (Å²) in [6, 6.07) is 15.3. The zero-order valence-corrected chi connectivity index (χ0v) is 21.1. The first kappa shape index (κ1) is 26.3. The van der Waals surface area contributed by atoms with Gasteiger partial charge < -0.3 is 20.5 Å². The van der Waals surface area contributed by atoms with Gasteiger partial charge in [0.25, 0.3) is 0 Å². The maximum atomic E-state index is 12.8. The van der Waals surface area contributed by atoms with Crippen LogP contribution in [0.5, 0.6) is 0 Å². The molecule has 0 spiro atoms. The maximum absolute atomic E-state index is 12.8. The Kier molecular flexibility index (Phi) is 8.20. The lowest BCUT2D eigenvalue weighted by atomic mass is 9.84. The minimum absolute atomic E-state index is 0.00102. The average molecular weight is 481 g/mol. The summed E-state index contributed by atoms with van der Waals surface area (Å²) in [4.78, 5) is 37.1. The predicted octanol–water partition coefficient (Wildman–Crippen LogP) is 4.80. The number of carbonyl (C=O) groups excluding carboxylic acids is 2. The molecule has 1 aliphatic rings. The monoisotopic (exact) mass is 480 g/mol. The zero-order valence-electron chi connectivity index (χ0n) is 21.1. The summed E-state index contributed by atoms with van der Waals surface area (Å²) in [6.07, 6.45) is -0.250. The number of benzene rings is 2. The van der Waals surface area contributed by atoms with Crippen LogP contribution < -0.4 is 10.6 Å². The summed E-state index contributed by atoms with van der Waals surface area (Å²) in [6.45, 7) is 9.66. The van der Waals surface area contributed by atoms with Crippen LogP contribution in [0.3, 0.4) is 0 Å². The van der Waals surface area contributed by atoms with Crippen molar-refractivity contribution < 1.29 is 24.2 Å². The lowest BCUT2D eigenvalue weighted by Crippen LogP contribution is -2.51. The van der Waals surface area contributed by atoms with Gasteiger partial charge in [0.2, 0.25) is 5.91 Å². The van der Waals surface area contributed by atoms with E-state index in [1.165, 1.54) is 0 Å². The minimum Gasteiger partial charge on any atom is -0.481 e. The van der Waals surface area contributed by atoms with Crippen molar-refractivity contribution in [3.63, 3.8) is 0 Å². The number of carboxylic acid groups (broad SMARTS) is 1. The Balaban J connectivity index is 1.60. The summed E-state index contributed by atoms with van der Waals surface area (Å²) in [5, 5.41) is 14.9. The fraction of sp³-hybridized carbons (Fsp3) is 0.464. The number of carbonyl (C=O) groups is 3. The lowest BCUT2D eigenvalue weighted by Gasteiger charge is -2.25. The van der Waals surface area contributed by atoms with E-state index in [0.29, 0.717) is 6.42 Å². The second-order valence-electron chi connectivity index (χ2n) is 10.7. The van der Waals surface area contributed by atoms with E-state index in [4.69, 9.17) is 4.74 Å². The van der Waals surface area contributed by atoms with Crippen molar-refractivity contribution >= 4 is 18.0 Å². The van der Waals surface area contributed by atoms with E-state index in [9.17, 15) is 19.5 Å². The molecule has 188 valence electrons. The van der Waals surface area contributed by atoms with Crippen LogP contribution in [0.4, 0.5) is 4.79 Å². The first-order valence-electron chi connectivity index (χ1n) is 12.1. The molecule has 7 heteroatoms. The molecule has 3 rings (SSSR count). The van der Waals surface area contributed by atoms with E-state index >= 15 is 0 Å². The van der Waals surface area contributed by atoms with Gasteiger partial charge in [0, 0.05) is 12.5 Å². The fourth-order valence-corrected chi connectivity index (χ4v) is 4.62. The smallest absolute Gasteiger partial charge is 0.407 e. The van der Waals surface area contributed by atoms with Crippen LogP contribution in [0.1, 0.15) is 58.1 Å². The molecule has 3 N–H and O–H groups in total. The van der Waals surface area contributed by atoms with E-state index < -0.39 is 29.9 Å². The maximum Gasteiger partial charge on any atom is 0.407 e. The van der Waals surface area contributed by atoms with Crippen LogP contribution >= 0.6 is 0 Å². The molecule has 1 aliphatic carbocycles. The molecule has 2 atom stereocenters. The number of hydrogen-bond donors (Lipinski definition) is 3. The fourth-order valence-electron chi connectivity index (χ4n) is 4.62. The third kappa shape index (κ3) is 6.62. The molecule has 2 unspecified atom stereocenters. The second-order valence-corrected chi connectivity index (χ2v) is 10.7. The van der Waals surface area contributed by atoms with Gasteiger partial charge in [-0.05, 0) is 40.0 Å². The van der Waals surface area contributed by atoms with Gasteiger partial charge >= 0.3 is 12.1 Å². The molecule has 0 aliphatic heterocycles. The first-order valence-corrected chi connectivity index (χ1v) is 12.1. The Morgan fingerprint density at radius 2 is 1.51 bits per heavy atom. The summed E-state index contributed by atoms with van der Waals surface area (Å²) in [5.41, 5.74) is 4.31. The quantitative estimate of drug-likeness (QED) is 0.478. The van der Waals surface area contributed by atoms with Crippen LogP contribution in [-0.2, 0) is 14.3 Å². The van der Waals surface area contributed by atoms with Crippen molar-refractivity contribution in [1.82, 2.24) is 10.6 Å². The van der Waals surface area contributed by atoms with Crippen molar-refractivity contribution in [1.29, 1.82) is 0 Å². The number of rotatable bonds is 9. The van der Waals surface area contributed by atoms with Gasteiger partial charge in [0.1, 0.15) is 12.6 Å². The molecule has 2 aromatic rings. The van der Waals surface area contributed by atoms with Gasteiger partial charge in [-0.2, -0.15) is 0 Å². The molecule has 0 saturated heterocycles. The molecular weight excluding hydrogens is 444 g/mol. The van der Waals surface area contributed by atoms with Gasteiger partial charge in [0.15, 0.2) is 0 Å². The van der Waals surface area contributed by atoms with Gasteiger partial charge in [-0.3, -0.25) is 9.59 Å². The number of alkyl carbamates (subject to hydrolysis) is 1. The average Bonchev–Trinajstić information content (AvgIpc) is 3.11. The Bertz CT molecular complexity index is 1030. The topological polar surface area (TPSA) is 105 Å². The molecule has 0 aromatic heterocycles. The Hall–Kier alpha value is -3.35. The van der Waals surface area contributed by atoms with Crippen molar-refractivity contribution in [2.45, 2.75) is 53.0 Å². The van der Waals surface area contributed by atoms with Crippen molar-refractivity contribution in [3.8, 4) is 11.1 Å². The normalized spacial score (nSPS) is 14.6. The zero-order chi connectivity index (χ0) is 25.8. The standard InChI is InChI=1S/C28H36N2O5/c1-17(2)24(25(31)29-15-18(26(32)33)14-28(3,4)5)30-27(34)35-16-23-21-12-8-6-10-19(21)20-11-7-9-13-22(20)23/h6-13,17-18,23-24H,14-16H2,1-5H3,(H,29,31)(H,30,34)(H,32,33). The largest absolute Gasteiger partial charge is 0.481 e. The van der Waals surface area contributed by atoms with Crippen LogP contribution in [0.25, 0.3) is 11.1 Å². The van der Waals surface area contributed by atoms with Gasteiger partial charge in [-0.15, -0.1) is 0 Å². The SMILES string of the molecule is CC(C)C(NC(=O)OCC1c2ccccc2-c2ccccc21)C(=O)NCC(CC(C)(C)C)C(=O)O. The molecule has 0 heterocycles. The first-order chi connectivity index (χ1) is 16.5. The highest BCUT2D eigenvalue weighted by Crippen LogP contribution is 2.44. The van der Waals surface area contributed by atoms with Crippen LogP contribution in [0.2, 0.25) is 0 Å². The summed E-state index contributed by atoms with van der Waals surface area (Å²) in [7, 11) is 0. The minimum atomic E-state index is -0.953. The van der Waals surface area contributed by atoms with Gasteiger partial charge in [0.05, 0.1) is 5.92 Å². The van der Waals surface area contributed by atoms with Gasteiger partial charge in [-0.25, -0.2) is 4.79 Å². The van der Waals surface area contributed by atoms with Crippen molar-refractivity contribution in [2.75, 3.05) is 13.2 Å². The summed E-state index contributed by atoms with van der Waals surface area (Å²) < 4.78 is 5.58. The number of amides is 2. The number of hydrogen-bond acceptors (Lipinski definition) is 4. The molecule has 2 amide bonds. The van der Waals surface area contributed by atoms with E-state index in [0.717, 1.165) is 22.3 Å². The highest BCUT2D eigenvalue weighted by molar-refractivity contribution is 5.86. The molecule has 0 fully saturated rings. The molecule has 35 heavy (non-hydrogen) atoms. The third-order valence-electron chi connectivity index (χ3n) is 6.30. The van der Waals surface area contributed by atoms with E-state index in [1.807, 2.05) is 71.0 Å². The number of aliphatic carboxylic acids is 1. The molecule has 7 nitrogen and oxygen atoms in total. The van der Waals surface area contributed by atoms with E-state index in [2.05, 4.69) is 22.8 Å². The Labute approximate surface area is 207 Å². The van der Waals surface area contributed by atoms with E-state index in [1.54, 1.807) is 0 Å². The Morgan fingerprint density at radius 1 is 0.971 bits per heavy atom. The number of ether oxygens (including phenoxy) is 1. The van der Waals surface area contributed by atoms with Crippen molar-refractivity contribution in [3.05, 3.63) is 59.7 Å². The van der Waals surface area contributed by atoms with E-state index in [-0.39, 0.29) is 30.4 Å². The van der Waals surface area contributed by atoms with Crippen molar-refractivity contribution in [2.24, 2.45) is 17.3 Å². The molecule has 0 bridgehead atoms. The molecule has 2 aromatic carbocycles. The summed E-state index contributed by atoms with van der Waals surface area (Å²) >= 11 is 0. The number of carboxylic acids is 1. The Morgan fingerprint density at radius 3 is 2.00 bits per heavy atom. The second kappa shape index (κ2) is 10.9. The molecule has 0 saturated carbocycles. The van der Waals surface area contributed by atoms with Crippen LogP contribution in [0.15, 0.2) is 48.5 Å². The number of nitrogens with one attached hydrogen (secondary N) is 2. The van der Waals surface area contributed by atoms with Crippen LogP contribution in [0, 0.1) is 17.3 Å². The van der Waals surface area contributed by atoms with Crippen LogP contribution in [-0.4, -0.2) is 42.3 Å². The molecule has 0 radical (unpaired) electrons. The van der Waals surface area contributed by atoms with Gasteiger partial charge in [-0.1, -0.05) is 83.1 Å². The third-order valence-corrected chi connectivity index (χ3v) is 6.30. The lowest BCUT2D eigenvalue weighted by molar-refractivity contribution is -0.142. The summed E-state index contributed by atoms with van der Waals surface area (Å²) in [5.74, 6) is -2.37. The highest BCUT2D eigenvalue weighted by Gasteiger charge is 2.31. The highest BCUT2D eigenvalue weighted by atomic mass is 16.5.